The zero-order valence-electron chi connectivity index (χ0n) is 11.6. The lowest BCUT2D eigenvalue weighted by molar-refractivity contribution is 0.0367. The first-order valence-electron chi connectivity index (χ1n) is 6.49. The molecule has 6 heteroatoms. The third-order valence-corrected chi connectivity index (χ3v) is 5.70. The molecule has 1 aliphatic rings. The predicted octanol–water partition coefficient (Wildman–Crippen LogP) is 1.26. The summed E-state index contributed by atoms with van der Waals surface area (Å²) in [5, 5.41) is 18.2. The van der Waals surface area contributed by atoms with E-state index in [1.54, 1.807) is 26.1 Å². The number of nitrogens with zero attached hydrogens (tertiary/aromatic N) is 2. The molecular formula is C14H18N2O3S. The number of hydrogen-bond acceptors (Lipinski definition) is 4. The van der Waals surface area contributed by atoms with E-state index in [-0.39, 0.29) is 16.9 Å². The first kappa shape index (κ1) is 15.0. The summed E-state index contributed by atoms with van der Waals surface area (Å²) in [5.74, 6) is 0.212. The molecule has 0 atom stereocenters. The minimum Gasteiger partial charge on any atom is -0.393 e. The summed E-state index contributed by atoms with van der Waals surface area (Å²) < 4.78 is 26.4. The van der Waals surface area contributed by atoms with Gasteiger partial charge in [0.2, 0.25) is 10.0 Å². The molecular weight excluding hydrogens is 276 g/mol. The van der Waals surface area contributed by atoms with Crippen molar-refractivity contribution >= 4 is 10.0 Å². The number of sulfonamides is 1. The van der Waals surface area contributed by atoms with Crippen LogP contribution in [0.1, 0.15) is 24.0 Å². The molecule has 1 fully saturated rings. The minimum absolute atomic E-state index is 0.180. The normalized spacial score (nSPS) is 22.4. The van der Waals surface area contributed by atoms with Crippen LogP contribution in [0.25, 0.3) is 0 Å². The van der Waals surface area contributed by atoms with Gasteiger partial charge in [0.05, 0.1) is 22.6 Å². The number of rotatable bonds is 4. The number of nitriles is 1. The third-order valence-electron chi connectivity index (χ3n) is 3.73. The lowest BCUT2D eigenvalue weighted by atomic mass is 9.82. The molecule has 108 valence electrons. The Kier molecular flexibility index (Phi) is 4.14. The van der Waals surface area contributed by atoms with Gasteiger partial charge in [0.15, 0.2) is 0 Å². The smallest absolute Gasteiger partial charge is 0.243 e. The van der Waals surface area contributed by atoms with Crippen molar-refractivity contribution < 1.29 is 13.5 Å². The average molecular weight is 294 g/mol. The Bertz CT molecular complexity index is 643. The number of benzene rings is 1. The van der Waals surface area contributed by atoms with E-state index in [2.05, 4.69) is 0 Å². The molecule has 0 bridgehead atoms. The zero-order chi connectivity index (χ0) is 14.9. The Balaban J connectivity index is 2.23. The fraction of sp³-hybridized carbons (Fsp3) is 0.500. The van der Waals surface area contributed by atoms with Crippen molar-refractivity contribution in [3.05, 3.63) is 29.3 Å². The quantitative estimate of drug-likeness (QED) is 0.906. The van der Waals surface area contributed by atoms with E-state index in [9.17, 15) is 13.5 Å². The van der Waals surface area contributed by atoms with Crippen LogP contribution in [0.5, 0.6) is 0 Å². The van der Waals surface area contributed by atoms with Crippen LogP contribution in [0.2, 0.25) is 0 Å². The molecule has 1 saturated carbocycles. The highest BCUT2D eigenvalue weighted by Gasteiger charge is 2.32. The molecule has 1 aliphatic carbocycles. The molecule has 5 nitrogen and oxygen atoms in total. The van der Waals surface area contributed by atoms with Gasteiger partial charge in [0, 0.05) is 13.6 Å². The molecule has 0 radical (unpaired) electrons. The summed E-state index contributed by atoms with van der Waals surface area (Å²) in [6.45, 7) is 2.12. The van der Waals surface area contributed by atoms with Crippen molar-refractivity contribution in [1.82, 2.24) is 4.31 Å². The molecule has 0 aliphatic heterocycles. The molecule has 0 saturated heterocycles. The van der Waals surface area contributed by atoms with Gasteiger partial charge in [-0.2, -0.15) is 5.26 Å². The summed E-state index contributed by atoms with van der Waals surface area (Å²) in [4.78, 5) is 0.180. The Hall–Kier alpha value is -1.42. The Morgan fingerprint density at radius 2 is 2.10 bits per heavy atom. The summed E-state index contributed by atoms with van der Waals surface area (Å²) in [6.07, 6.45) is 1.01. The second kappa shape index (κ2) is 5.52. The van der Waals surface area contributed by atoms with E-state index < -0.39 is 10.0 Å². The molecule has 0 spiro atoms. The molecule has 0 aromatic heterocycles. The SMILES string of the molecule is Cc1ccc(C#N)cc1S(=O)(=O)N(C)CC1CC(O)C1. The molecule has 1 aromatic rings. The molecule has 0 unspecified atom stereocenters. The first-order chi connectivity index (χ1) is 9.34. The van der Waals surface area contributed by atoms with Crippen LogP contribution >= 0.6 is 0 Å². The molecule has 1 N–H and O–H groups in total. The van der Waals surface area contributed by atoms with Crippen molar-refractivity contribution in [3.63, 3.8) is 0 Å². The van der Waals surface area contributed by atoms with Crippen LogP contribution in [0.4, 0.5) is 0 Å². The summed E-state index contributed by atoms with van der Waals surface area (Å²) in [5.41, 5.74) is 0.964. The second-order valence-corrected chi connectivity index (χ2v) is 7.38. The fourth-order valence-corrected chi connectivity index (χ4v) is 3.92. The van der Waals surface area contributed by atoms with E-state index in [1.165, 1.54) is 10.4 Å². The number of hydrogen-bond donors (Lipinski definition) is 1. The van der Waals surface area contributed by atoms with Gasteiger partial charge in [-0.05, 0) is 43.4 Å². The van der Waals surface area contributed by atoms with E-state index >= 15 is 0 Å². The highest BCUT2D eigenvalue weighted by atomic mass is 32.2. The van der Waals surface area contributed by atoms with Crippen molar-refractivity contribution in [1.29, 1.82) is 5.26 Å². The van der Waals surface area contributed by atoms with Crippen LogP contribution in [-0.2, 0) is 10.0 Å². The molecule has 20 heavy (non-hydrogen) atoms. The third kappa shape index (κ3) is 2.85. The van der Waals surface area contributed by atoms with Crippen LogP contribution in [0.3, 0.4) is 0 Å². The van der Waals surface area contributed by atoms with Crippen LogP contribution in [0.15, 0.2) is 23.1 Å². The first-order valence-corrected chi connectivity index (χ1v) is 7.93. The maximum atomic E-state index is 12.5. The van der Waals surface area contributed by atoms with Gasteiger partial charge in [-0.1, -0.05) is 6.07 Å². The molecule has 2 rings (SSSR count). The Morgan fingerprint density at radius 1 is 1.45 bits per heavy atom. The van der Waals surface area contributed by atoms with E-state index in [4.69, 9.17) is 5.26 Å². The van der Waals surface area contributed by atoms with Gasteiger partial charge in [-0.3, -0.25) is 0 Å². The molecule has 1 aromatic carbocycles. The van der Waals surface area contributed by atoms with Crippen LogP contribution in [0, 0.1) is 24.2 Å². The monoisotopic (exact) mass is 294 g/mol. The average Bonchev–Trinajstić information content (AvgIpc) is 2.37. The maximum Gasteiger partial charge on any atom is 0.243 e. The summed E-state index contributed by atoms with van der Waals surface area (Å²) in [6, 6.07) is 6.62. The fourth-order valence-electron chi connectivity index (χ4n) is 2.43. The van der Waals surface area contributed by atoms with Gasteiger partial charge in [0.25, 0.3) is 0 Å². The van der Waals surface area contributed by atoms with E-state index in [0.717, 1.165) is 0 Å². The highest BCUT2D eigenvalue weighted by molar-refractivity contribution is 7.89. The van der Waals surface area contributed by atoms with Gasteiger partial charge >= 0.3 is 0 Å². The topological polar surface area (TPSA) is 81.4 Å². The highest BCUT2D eigenvalue weighted by Crippen LogP contribution is 2.29. The Morgan fingerprint density at radius 3 is 2.65 bits per heavy atom. The van der Waals surface area contributed by atoms with Gasteiger partial charge < -0.3 is 5.11 Å². The van der Waals surface area contributed by atoms with Crippen molar-refractivity contribution in [3.8, 4) is 6.07 Å². The van der Waals surface area contributed by atoms with Crippen molar-refractivity contribution in [2.24, 2.45) is 5.92 Å². The van der Waals surface area contributed by atoms with Crippen molar-refractivity contribution in [2.45, 2.75) is 30.8 Å². The van der Waals surface area contributed by atoms with Crippen LogP contribution in [-0.4, -0.2) is 37.5 Å². The predicted molar refractivity (Wildman–Crippen MR) is 74.4 cm³/mol. The zero-order valence-corrected chi connectivity index (χ0v) is 12.4. The van der Waals surface area contributed by atoms with Crippen molar-refractivity contribution in [2.75, 3.05) is 13.6 Å². The number of aliphatic hydroxyl groups is 1. The Labute approximate surface area is 119 Å². The van der Waals surface area contributed by atoms with Crippen LogP contribution < -0.4 is 0 Å². The molecule has 0 heterocycles. The summed E-state index contributed by atoms with van der Waals surface area (Å²) in [7, 11) is -2.05. The number of aliphatic hydroxyl groups excluding tert-OH is 1. The van der Waals surface area contributed by atoms with Gasteiger partial charge in [-0.15, -0.1) is 0 Å². The second-order valence-electron chi connectivity index (χ2n) is 5.37. The van der Waals surface area contributed by atoms with Gasteiger partial charge in [0.1, 0.15) is 0 Å². The lowest BCUT2D eigenvalue weighted by Crippen LogP contribution is -2.39. The van der Waals surface area contributed by atoms with E-state index in [0.29, 0.717) is 30.5 Å². The number of aryl methyl sites for hydroxylation is 1. The van der Waals surface area contributed by atoms with Gasteiger partial charge in [-0.25, -0.2) is 12.7 Å². The lowest BCUT2D eigenvalue weighted by Gasteiger charge is -2.34. The molecule has 0 amide bonds. The minimum atomic E-state index is -3.59. The summed E-state index contributed by atoms with van der Waals surface area (Å²) >= 11 is 0. The maximum absolute atomic E-state index is 12.5. The largest absolute Gasteiger partial charge is 0.393 e. The van der Waals surface area contributed by atoms with E-state index in [1.807, 2.05) is 6.07 Å². The standard InChI is InChI=1S/C14H18N2O3S/c1-10-3-4-11(8-15)7-14(10)20(18,19)16(2)9-12-5-13(17)6-12/h3-4,7,12-13,17H,5-6,9H2,1-2H3.